The van der Waals surface area contributed by atoms with Crippen LogP contribution in [0, 0.1) is 17.3 Å². The molecule has 0 aromatic carbocycles. The van der Waals surface area contributed by atoms with Crippen molar-refractivity contribution in [1.29, 1.82) is 0 Å². The fraction of sp³-hybridized carbons (Fsp3) is 0.765. The van der Waals surface area contributed by atoms with Crippen molar-refractivity contribution in [2.24, 2.45) is 17.3 Å². The standard InChI is InChI=1S/C17H28O4/c1-5-8-12-9-6-7-10-14(12)21-15(18)11-13(16(19)20)17(2,3)4/h5,12-14H,1,6-11H2,2-4H3,(H,19,20)/t12-,13-,14-/m1/s1. The lowest BCUT2D eigenvalue weighted by atomic mass is 9.79. The van der Waals surface area contributed by atoms with E-state index in [0.29, 0.717) is 5.92 Å². The minimum atomic E-state index is -0.939. The molecular weight excluding hydrogens is 268 g/mol. The Labute approximate surface area is 127 Å². The average Bonchev–Trinajstić information content (AvgIpc) is 2.37. The lowest BCUT2D eigenvalue weighted by Crippen LogP contribution is -2.34. The Hall–Kier alpha value is -1.32. The molecule has 0 amide bonds. The quantitative estimate of drug-likeness (QED) is 0.598. The third-order valence-corrected chi connectivity index (χ3v) is 4.31. The smallest absolute Gasteiger partial charge is 0.307 e. The van der Waals surface area contributed by atoms with E-state index in [1.807, 2.05) is 26.8 Å². The highest BCUT2D eigenvalue weighted by molar-refractivity contribution is 5.79. The van der Waals surface area contributed by atoms with Crippen molar-refractivity contribution in [2.75, 3.05) is 0 Å². The van der Waals surface area contributed by atoms with E-state index in [1.165, 1.54) is 0 Å². The molecule has 1 aliphatic carbocycles. The van der Waals surface area contributed by atoms with Crippen LogP contribution in [0.15, 0.2) is 12.7 Å². The number of esters is 1. The van der Waals surface area contributed by atoms with Crippen LogP contribution in [-0.4, -0.2) is 23.1 Å². The molecule has 0 radical (unpaired) electrons. The molecule has 1 fully saturated rings. The molecule has 0 unspecified atom stereocenters. The third kappa shape index (κ3) is 5.52. The highest BCUT2D eigenvalue weighted by Gasteiger charge is 2.35. The number of hydrogen-bond acceptors (Lipinski definition) is 3. The Morgan fingerprint density at radius 2 is 1.95 bits per heavy atom. The molecule has 1 N–H and O–H groups in total. The molecule has 1 rings (SSSR count). The molecule has 0 aliphatic heterocycles. The Bertz CT molecular complexity index is 381. The summed E-state index contributed by atoms with van der Waals surface area (Å²) >= 11 is 0. The zero-order valence-corrected chi connectivity index (χ0v) is 13.4. The predicted molar refractivity (Wildman–Crippen MR) is 81.8 cm³/mol. The van der Waals surface area contributed by atoms with Crippen LogP contribution in [0.25, 0.3) is 0 Å². The van der Waals surface area contributed by atoms with Gasteiger partial charge in [-0.15, -0.1) is 6.58 Å². The van der Waals surface area contributed by atoms with Crippen molar-refractivity contribution in [2.45, 2.75) is 65.4 Å². The third-order valence-electron chi connectivity index (χ3n) is 4.31. The van der Waals surface area contributed by atoms with Gasteiger partial charge in [-0.05, 0) is 37.0 Å². The predicted octanol–water partition coefficient (Wildman–Crippen LogP) is 3.80. The number of carbonyl (C=O) groups is 2. The van der Waals surface area contributed by atoms with E-state index in [9.17, 15) is 14.7 Å². The van der Waals surface area contributed by atoms with Crippen LogP contribution in [0.3, 0.4) is 0 Å². The van der Waals surface area contributed by atoms with Crippen LogP contribution < -0.4 is 0 Å². The fourth-order valence-corrected chi connectivity index (χ4v) is 2.96. The summed E-state index contributed by atoms with van der Waals surface area (Å²) in [5, 5.41) is 9.28. The molecule has 1 aliphatic rings. The van der Waals surface area contributed by atoms with Gasteiger partial charge >= 0.3 is 11.9 Å². The van der Waals surface area contributed by atoms with Gasteiger partial charge in [-0.25, -0.2) is 0 Å². The number of carbonyl (C=O) groups excluding carboxylic acids is 1. The van der Waals surface area contributed by atoms with Crippen molar-refractivity contribution in [3.05, 3.63) is 12.7 Å². The van der Waals surface area contributed by atoms with Gasteiger partial charge in [0.2, 0.25) is 0 Å². The molecule has 0 saturated heterocycles. The maximum absolute atomic E-state index is 12.1. The Balaban J connectivity index is 2.62. The van der Waals surface area contributed by atoms with E-state index in [-0.39, 0.29) is 12.5 Å². The van der Waals surface area contributed by atoms with Gasteiger partial charge in [0.1, 0.15) is 6.10 Å². The maximum Gasteiger partial charge on any atom is 0.307 e. The van der Waals surface area contributed by atoms with E-state index < -0.39 is 23.3 Å². The summed E-state index contributed by atoms with van der Waals surface area (Å²) in [6.45, 7) is 9.25. The first kappa shape index (κ1) is 17.7. The first-order valence-corrected chi connectivity index (χ1v) is 7.79. The molecule has 0 aromatic rings. The Morgan fingerprint density at radius 3 is 2.48 bits per heavy atom. The van der Waals surface area contributed by atoms with E-state index >= 15 is 0 Å². The van der Waals surface area contributed by atoms with Gasteiger partial charge in [0, 0.05) is 0 Å². The van der Waals surface area contributed by atoms with Crippen LogP contribution in [0.4, 0.5) is 0 Å². The number of carboxylic acids is 1. The first-order valence-electron chi connectivity index (χ1n) is 7.79. The molecule has 0 heterocycles. The second kappa shape index (κ2) is 7.62. The van der Waals surface area contributed by atoms with Gasteiger partial charge in [-0.3, -0.25) is 9.59 Å². The summed E-state index contributed by atoms with van der Waals surface area (Å²) < 4.78 is 5.58. The molecule has 1 saturated carbocycles. The number of hydrogen-bond donors (Lipinski definition) is 1. The van der Waals surface area contributed by atoms with E-state index in [2.05, 4.69) is 6.58 Å². The van der Waals surface area contributed by atoms with Gasteiger partial charge < -0.3 is 9.84 Å². The molecule has 0 bridgehead atoms. The van der Waals surface area contributed by atoms with Gasteiger partial charge in [0.05, 0.1) is 12.3 Å². The molecule has 4 nitrogen and oxygen atoms in total. The van der Waals surface area contributed by atoms with Crippen LogP contribution in [-0.2, 0) is 14.3 Å². The second-order valence-electron chi connectivity index (χ2n) is 7.06. The van der Waals surface area contributed by atoms with Gasteiger partial charge in [0.15, 0.2) is 0 Å². The summed E-state index contributed by atoms with van der Waals surface area (Å²) in [6, 6.07) is 0. The van der Waals surface area contributed by atoms with Crippen molar-refractivity contribution < 1.29 is 19.4 Å². The summed E-state index contributed by atoms with van der Waals surface area (Å²) in [7, 11) is 0. The monoisotopic (exact) mass is 296 g/mol. The van der Waals surface area contributed by atoms with Crippen molar-refractivity contribution in [1.82, 2.24) is 0 Å². The molecule has 3 atom stereocenters. The largest absolute Gasteiger partial charge is 0.481 e. The SMILES string of the molecule is C=CC[C@@H]1CCCC[C@H]1OC(=O)C[C@H](C(=O)O)C(C)(C)C. The molecule has 21 heavy (non-hydrogen) atoms. The number of aliphatic carboxylic acids is 1. The van der Waals surface area contributed by atoms with Crippen molar-refractivity contribution in [3.63, 3.8) is 0 Å². The van der Waals surface area contributed by atoms with Crippen molar-refractivity contribution >= 4 is 11.9 Å². The highest BCUT2D eigenvalue weighted by atomic mass is 16.5. The lowest BCUT2D eigenvalue weighted by Gasteiger charge is -2.32. The lowest BCUT2D eigenvalue weighted by molar-refractivity contribution is -0.161. The summed E-state index contributed by atoms with van der Waals surface area (Å²) in [5.41, 5.74) is -0.460. The van der Waals surface area contributed by atoms with Crippen LogP contribution in [0.1, 0.15) is 59.3 Å². The second-order valence-corrected chi connectivity index (χ2v) is 7.06. The van der Waals surface area contributed by atoms with Crippen molar-refractivity contribution in [3.8, 4) is 0 Å². The number of ether oxygens (including phenoxy) is 1. The molecule has 120 valence electrons. The zero-order valence-electron chi connectivity index (χ0n) is 13.4. The van der Waals surface area contributed by atoms with E-state index in [0.717, 1.165) is 32.1 Å². The Morgan fingerprint density at radius 1 is 1.33 bits per heavy atom. The number of carboxylic acid groups (broad SMARTS) is 1. The van der Waals surface area contributed by atoms with Crippen LogP contribution in [0.2, 0.25) is 0 Å². The molecular formula is C17H28O4. The molecule has 0 spiro atoms. The summed E-state index contributed by atoms with van der Waals surface area (Å²) in [5.74, 6) is -1.71. The number of rotatable bonds is 6. The molecule has 4 heteroatoms. The van der Waals surface area contributed by atoms with Gasteiger partial charge in [0.25, 0.3) is 0 Å². The summed E-state index contributed by atoms with van der Waals surface area (Å²) in [6.07, 6.45) is 6.71. The van der Waals surface area contributed by atoms with E-state index in [1.54, 1.807) is 0 Å². The summed E-state index contributed by atoms with van der Waals surface area (Å²) in [4.78, 5) is 23.4. The van der Waals surface area contributed by atoms with Crippen LogP contribution >= 0.6 is 0 Å². The van der Waals surface area contributed by atoms with E-state index in [4.69, 9.17) is 4.74 Å². The normalized spacial score (nSPS) is 24.1. The number of allylic oxidation sites excluding steroid dienone is 1. The molecule has 0 aromatic heterocycles. The first-order chi connectivity index (χ1) is 9.75. The minimum Gasteiger partial charge on any atom is -0.481 e. The van der Waals surface area contributed by atoms with Crippen LogP contribution in [0.5, 0.6) is 0 Å². The topological polar surface area (TPSA) is 63.6 Å². The highest BCUT2D eigenvalue weighted by Crippen LogP contribution is 2.32. The minimum absolute atomic E-state index is 0.0594. The zero-order chi connectivity index (χ0) is 16.0. The maximum atomic E-state index is 12.1. The fourth-order valence-electron chi connectivity index (χ4n) is 2.96. The average molecular weight is 296 g/mol. The van der Waals surface area contributed by atoms with Gasteiger partial charge in [-0.1, -0.05) is 33.3 Å². The Kier molecular flexibility index (Phi) is 6.43. The van der Waals surface area contributed by atoms with Gasteiger partial charge in [-0.2, -0.15) is 0 Å².